The Morgan fingerprint density at radius 3 is 0.500 bits per heavy atom. The van der Waals surface area contributed by atoms with Crippen LogP contribution in [0.15, 0.2) is 0 Å². The predicted octanol–water partition coefficient (Wildman–Crippen LogP) is -12.2. The number of aliphatic carboxylic acids is 4. The van der Waals surface area contributed by atoms with Crippen LogP contribution in [0, 0.1) is 0 Å². The second kappa shape index (κ2) is 83.2. The number of hydrogen-bond donors (Lipinski definition) is 0. The van der Waals surface area contributed by atoms with Gasteiger partial charge in [-0.05, 0) is 51.4 Å². The normalized spacial score (nSPS) is 6.40. The van der Waals surface area contributed by atoms with Crippen molar-refractivity contribution >= 4 is 23.9 Å². The molecule has 0 spiro atoms. The van der Waals surface area contributed by atoms with Crippen molar-refractivity contribution in [2.45, 2.75) is 89.9 Å². The summed E-state index contributed by atoms with van der Waals surface area (Å²) in [5, 5.41) is 39.9. The van der Waals surface area contributed by atoms with E-state index in [1.807, 2.05) is 0 Å². The second-order valence-electron chi connectivity index (χ2n) is 6.02. The van der Waals surface area contributed by atoms with Gasteiger partial charge in [0.15, 0.2) is 0 Å². The Labute approximate surface area is 252 Å². The van der Waals surface area contributed by atoms with E-state index in [1.54, 1.807) is 0 Å². The summed E-state index contributed by atoms with van der Waals surface area (Å²) in [5.41, 5.74) is 0. The van der Waals surface area contributed by atoms with Crippen molar-refractivity contribution < 1.29 is 139 Å². The molecule has 2 radical (unpaired) electrons. The molecule has 0 rings (SSSR count). The Morgan fingerprint density at radius 2 is 0.400 bits per heavy atom. The van der Waals surface area contributed by atoms with Crippen LogP contribution in [-0.4, -0.2) is 45.8 Å². The Hall–Kier alpha value is -1.59. The van der Waals surface area contributed by atoms with Crippen LogP contribution in [0.2, 0.25) is 0 Å². The standard InChI is InChI=1S/2C9H16O4.2Co.12H2O/c2*10-8(11)6-4-2-1-3-5-7-9(12)13;;;;;;;;;;;;;;/h2*1-7H2,(H,10,11)(H,12,13);;;12*1H2/q;;2*+2;;;;;;;;;;;;/p+4. The van der Waals surface area contributed by atoms with Crippen molar-refractivity contribution in [1.82, 2.24) is 0 Å². The number of carboxylic acids is 4. The van der Waals surface area contributed by atoms with Gasteiger partial charge in [0, 0.05) is 23.9 Å². The van der Waals surface area contributed by atoms with Crippen LogP contribution in [-0.2, 0) is 96.5 Å². The maximum atomic E-state index is 9.98. The van der Waals surface area contributed by atoms with Crippen molar-refractivity contribution in [3.63, 3.8) is 0 Å². The molecule has 0 fully saturated rings. The summed E-state index contributed by atoms with van der Waals surface area (Å²) < 4.78 is 0. The summed E-state index contributed by atoms with van der Waals surface area (Å²) in [6, 6.07) is 0. The van der Waals surface area contributed by atoms with E-state index in [-0.39, 0.29) is 125 Å². The number of carboxylic acid groups (broad SMARTS) is 4. The summed E-state index contributed by atoms with van der Waals surface area (Å²) in [7, 11) is 0. The van der Waals surface area contributed by atoms with Gasteiger partial charge in [-0.3, -0.25) is 0 Å². The van der Waals surface area contributed by atoms with Gasteiger partial charge < -0.3 is 105 Å². The Bertz CT molecular complexity index is 358. The molecule has 0 bridgehead atoms. The van der Waals surface area contributed by atoms with E-state index in [1.165, 1.54) is 0 Å². The molecule has 0 aliphatic carbocycles. The second-order valence-corrected chi connectivity index (χ2v) is 6.02. The third-order valence-electron chi connectivity index (χ3n) is 3.52. The van der Waals surface area contributed by atoms with E-state index in [4.69, 9.17) is 0 Å². The van der Waals surface area contributed by atoms with Crippen molar-refractivity contribution in [2.75, 3.05) is 0 Å². The van der Waals surface area contributed by atoms with Gasteiger partial charge in [-0.25, -0.2) is 0 Å². The Kier molecular flexibility index (Phi) is 223. The molecule has 0 aliphatic heterocycles. The molecule has 0 unspecified atom stereocenters. The minimum atomic E-state index is -1.02. The average molecular weight is 715 g/mol. The first kappa shape index (κ1) is 107. The Morgan fingerprint density at radius 1 is 0.300 bits per heavy atom. The summed E-state index contributed by atoms with van der Waals surface area (Å²) in [4.78, 5) is 39.9. The van der Waals surface area contributed by atoms with Gasteiger partial charge in [0.1, 0.15) is 0 Å². The fourth-order valence-corrected chi connectivity index (χ4v) is 2.14. The van der Waals surface area contributed by atoms with E-state index in [2.05, 4.69) is 0 Å². The predicted molar refractivity (Wildman–Crippen MR) is 138 cm³/mol. The minimum absolute atomic E-state index is 0. The molecule has 262 valence electrons. The molecule has 0 aromatic carbocycles. The Balaban J connectivity index is -0.0000000152. The van der Waals surface area contributed by atoms with Crippen molar-refractivity contribution in [2.24, 2.45) is 0 Å². The molecule has 0 amide bonds. The summed E-state index contributed by atoms with van der Waals surface area (Å²) in [5.74, 6) is -4.08. The van der Waals surface area contributed by atoms with Crippen LogP contribution in [0.4, 0.5) is 0 Å². The van der Waals surface area contributed by atoms with Gasteiger partial charge in [0.25, 0.3) is 0 Å². The number of unbranched alkanes of at least 4 members (excludes halogenated alkanes) is 8. The molecule has 40 heavy (non-hydrogen) atoms. The van der Waals surface area contributed by atoms with Crippen LogP contribution in [0.3, 0.4) is 0 Å². The zero-order chi connectivity index (χ0) is 20.2. The minimum Gasteiger partial charge on any atom is -0.550 e. The first-order chi connectivity index (χ1) is 12.3. The third-order valence-corrected chi connectivity index (χ3v) is 3.52. The number of carbonyl (C=O) groups excluding carboxylic acids is 4. The molecule has 20 nitrogen and oxygen atoms in total. The maximum Gasteiger partial charge on any atom is 2.00 e. The average Bonchev–Trinajstić information content (AvgIpc) is 2.52. The molecule has 32 N–H and O–H groups in total. The molecule has 22 heteroatoms. The van der Waals surface area contributed by atoms with E-state index in [0.29, 0.717) is 25.7 Å². The molecule has 0 saturated heterocycles. The fourth-order valence-electron chi connectivity index (χ4n) is 2.14. The molecule has 0 atom stereocenters. The van der Waals surface area contributed by atoms with Gasteiger partial charge >= 0.3 is 33.6 Å². The third kappa shape index (κ3) is 135. The molecular weight excluding hydrogens is 654 g/mol. The largest absolute Gasteiger partial charge is 2.00 e. The number of hydrogen-bond acceptors (Lipinski definition) is 8. The SMILES string of the molecule is O.O.O.O.O=C([O-])CCCCCCCC(=O)[O-].O=C([O-])CCCCCCCC(=O)[O-].[Co+2].[Co+2].[OH3+].[OH3+].[OH3+].[OH3+].[OH3+].[OH3+].[OH3+].[OH3+]. The summed E-state index contributed by atoms with van der Waals surface area (Å²) >= 11 is 0. The van der Waals surface area contributed by atoms with Crippen LogP contribution in [0.1, 0.15) is 89.9 Å². The van der Waals surface area contributed by atoms with Crippen molar-refractivity contribution in [3.8, 4) is 0 Å². The first-order valence-corrected chi connectivity index (χ1v) is 9.05. The zero-order valence-electron chi connectivity index (χ0n) is 22.5. The van der Waals surface area contributed by atoms with Gasteiger partial charge in [-0.2, -0.15) is 0 Å². The molecule has 0 aromatic rings. The van der Waals surface area contributed by atoms with Crippen LogP contribution < -0.4 is 20.4 Å². The van der Waals surface area contributed by atoms with Gasteiger partial charge in [0.05, 0.1) is 0 Å². The van der Waals surface area contributed by atoms with E-state index < -0.39 is 23.9 Å². The smallest absolute Gasteiger partial charge is 0.550 e. The van der Waals surface area contributed by atoms with Crippen LogP contribution in [0.5, 0.6) is 0 Å². The molecule has 0 saturated carbocycles. The van der Waals surface area contributed by atoms with Crippen LogP contribution in [0.25, 0.3) is 0 Å². The topological polar surface area (TPSA) is 551 Å². The number of carbonyl (C=O) groups is 4. The van der Waals surface area contributed by atoms with Crippen LogP contribution >= 0.6 is 0 Å². The molecular formula is C18H60Co2O20+8. The summed E-state index contributed by atoms with van der Waals surface area (Å²) in [6.45, 7) is 0. The maximum absolute atomic E-state index is 9.98. The fraction of sp³-hybridized carbons (Fsp3) is 0.778. The number of rotatable bonds is 16. The summed E-state index contributed by atoms with van der Waals surface area (Å²) in [6.07, 6.45) is 7.90. The van der Waals surface area contributed by atoms with E-state index >= 15 is 0 Å². The van der Waals surface area contributed by atoms with E-state index in [0.717, 1.165) is 38.5 Å². The quantitative estimate of drug-likeness (QED) is 0.109. The van der Waals surface area contributed by atoms with Crippen molar-refractivity contribution in [1.29, 1.82) is 0 Å². The molecule has 0 heterocycles. The van der Waals surface area contributed by atoms with Crippen molar-refractivity contribution in [3.05, 3.63) is 0 Å². The molecule has 0 aliphatic rings. The van der Waals surface area contributed by atoms with Gasteiger partial charge in [-0.15, -0.1) is 0 Å². The molecule has 0 aromatic heterocycles. The van der Waals surface area contributed by atoms with Gasteiger partial charge in [-0.1, -0.05) is 38.5 Å². The van der Waals surface area contributed by atoms with E-state index in [9.17, 15) is 39.6 Å². The first-order valence-electron chi connectivity index (χ1n) is 9.05. The zero-order valence-corrected chi connectivity index (χ0v) is 24.5. The van der Waals surface area contributed by atoms with Gasteiger partial charge in [0.2, 0.25) is 0 Å². The monoisotopic (exact) mass is 714 g/mol.